The predicted octanol–water partition coefficient (Wildman–Crippen LogP) is -1.26. The third kappa shape index (κ3) is 4.86. The van der Waals surface area contributed by atoms with Crippen LogP contribution in [0.25, 0.3) is 0 Å². The number of benzene rings is 1. The van der Waals surface area contributed by atoms with Gasteiger partial charge in [-0.05, 0) is 25.0 Å². The molecule has 0 radical (unpaired) electrons. The summed E-state index contributed by atoms with van der Waals surface area (Å²) in [6.07, 6.45) is 1.93. The van der Waals surface area contributed by atoms with Gasteiger partial charge in [-0.2, -0.15) is 0 Å². The zero-order valence-corrected chi connectivity index (χ0v) is 13.8. The number of quaternary nitrogens is 1. The molecule has 1 unspecified atom stereocenters. The largest absolute Gasteiger partial charge is 0.486 e. The van der Waals surface area contributed by atoms with Gasteiger partial charge in [0.05, 0.1) is 13.6 Å². The summed E-state index contributed by atoms with van der Waals surface area (Å²) in [4.78, 5) is 24.6. The number of rotatable bonds is 7. The standard InChI is InChI=1S/C17H23N3O4/c1-20(10-17(22)19-12-6-7-12)9-16(21)18-8-13-11-23-14-4-2-3-5-15(14)24-13/h2-5,12-13H,6-11H2,1H3,(H,18,21)(H,19,22)/p+1/t13-/m0/s1. The quantitative estimate of drug-likeness (QED) is 0.581. The Hall–Kier alpha value is -2.28. The summed E-state index contributed by atoms with van der Waals surface area (Å²) in [5.41, 5.74) is 0. The second-order valence-corrected chi connectivity index (χ2v) is 6.45. The molecule has 0 aromatic heterocycles. The van der Waals surface area contributed by atoms with E-state index in [1.54, 1.807) is 0 Å². The first-order chi connectivity index (χ1) is 11.6. The number of fused-ring (bicyclic) bond motifs is 1. The number of para-hydroxylation sites is 2. The van der Waals surface area contributed by atoms with Crippen molar-refractivity contribution >= 4 is 11.8 Å². The summed E-state index contributed by atoms with van der Waals surface area (Å²) in [5, 5.41) is 5.77. The van der Waals surface area contributed by atoms with E-state index in [0.29, 0.717) is 31.5 Å². The Morgan fingerprint density at radius 2 is 1.88 bits per heavy atom. The minimum Gasteiger partial charge on any atom is -0.486 e. The minimum absolute atomic E-state index is 0.00317. The van der Waals surface area contributed by atoms with Gasteiger partial charge >= 0.3 is 0 Å². The molecule has 130 valence electrons. The Balaban J connectivity index is 1.35. The molecule has 2 atom stereocenters. The topological polar surface area (TPSA) is 81.1 Å². The van der Waals surface area contributed by atoms with E-state index in [-0.39, 0.29) is 24.5 Å². The van der Waals surface area contributed by atoms with Crippen LogP contribution in [0.3, 0.4) is 0 Å². The van der Waals surface area contributed by atoms with E-state index in [4.69, 9.17) is 9.47 Å². The summed E-state index contributed by atoms with van der Waals surface area (Å²) in [7, 11) is 1.84. The molecule has 2 aliphatic rings. The van der Waals surface area contributed by atoms with Gasteiger partial charge in [0.2, 0.25) is 0 Å². The Bertz CT molecular complexity index is 603. The lowest BCUT2D eigenvalue weighted by atomic mass is 10.2. The van der Waals surface area contributed by atoms with Gasteiger partial charge in [0, 0.05) is 6.04 Å². The highest BCUT2D eigenvalue weighted by atomic mass is 16.6. The summed E-state index contributed by atoms with van der Waals surface area (Å²) in [6.45, 7) is 1.35. The fourth-order valence-corrected chi connectivity index (χ4v) is 2.57. The average Bonchev–Trinajstić information content (AvgIpc) is 3.36. The summed E-state index contributed by atoms with van der Waals surface area (Å²) >= 11 is 0. The smallest absolute Gasteiger partial charge is 0.275 e. The van der Waals surface area contributed by atoms with Gasteiger partial charge in [-0.15, -0.1) is 0 Å². The van der Waals surface area contributed by atoms with Crippen molar-refractivity contribution < 1.29 is 24.0 Å². The molecule has 7 nitrogen and oxygen atoms in total. The number of ether oxygens (including phenoxy) is 2. The van der Waals surface area contributed by atoms with Crippen LogP contribution >= 0.6 is 0 Å². The lowest BCUT2D eigenvalue weighted by Crippen LogP contribution is -3.11. The molecule has 1 aromatic carbocycles. The monoisotopic (exact) mass is 334 g/mol. The van der Waals surface area contributed by atoms with Crippen molar-refractivity contribution in [3.63, 3.8) is 0 Å². The lowest BCUT2D eigenvalue weighted by Gasteiger charge is -2.26. The van der Waals surface area contributed by atoms with Crippen LogP contribution in [0, 0.1) is 0 Å². The highest BCUT2D eigenvalue weighted by molar-refractivity contribution is 5.79. The third-order valence-corrected chi connectivity index (χ3v) is 3.96. The lowest BCUT2D eigenvalue weighted by molar-refractivity contribution is -0.862. The Morgan fingerprint density at radius 1 is 1.17 bits per heavy atom. The van der Waals surface area contributed by atoms with Gasteiger partial charge in [-0.1, -0.05) is 12.1 Å². The van der Waals surface area contributed by atoms with Crippen molar-refractivity contribution in [2.75, 3.05) is 33.3 Å². The third-order valence-electron chi connectivity index (χ3n) is 3.96. The maximum absolute atomic E-state index is 12.0. The molecule has 1 aromatic rings. The molecule has 1 aliphatic heterocycles. The highest BCUT2D eigenvalue weighted by Crippen LogP contribution is 2.30. The number of hydrogen-bond donors (Lipinski definition) is 3. The molecule has 0 saturated heterocycles. The van der Waals surface area contributed by atoms with Crippen molar-refractivity contribution in [3.8, 4) is 11.5 Å². The molecular weight excluding hydrogens is 310 g/mol. The van der Waals surface area contributed by atoms with Crippen LogP contribution in [0.4, 0.5) is 0 Å². The molecule has 24 heavy (non-hydrogen) atoms. The first-order valence-electron chi connectivity index (χ1n) is 8.36. The summed E-state index contributed by atoms with van der Waals surface area (Å²) in [5.74, 6) is 1.33. The minimum atomic E-state index is -0.206. The fourth-order valence-electron chi connectivity index (χ4n) is 2.57. The molecular formula is C17H24N3O4+. The van der Waals surface area contributed by atoms with E-state index in [0.717, 1.165) is 23.5 Å². The zero-order chi connectivity index (χ0) is 16.9. The van der Waals surface area contributed by atoms with Crippen LogP contribution in [0.1, 0.15) is 12.8 Å². The number of nitrogens with one attached hydrogen (secondary N) is 3. The maximum atomic E-state index is 12.0. The Kier molecular flexibility index (Phi) is 5.20. The van der Waals surface area contributed by atoms with Gasteiger partial charge in [-0.25, -0.2) is 0 Å². The maximum Gasteiger partial charge on any atom is 0.275 e. The van der Waals surface area contributed by atoms with Crippen LogP contribution in [0.5, 0.6) is 11.5 Å². The number of likely N-dealkylation sites (N-methyl/N-ethyl adjacent to an activating group) is 1. The summed E-state index contributed by atoms with van der Waals surface area (Å²) < 4.78 is 11.4. The first kappa shape index (κ1) is 16.6. The van der Waals surface area contributed by atoms with E-state index in [2.05, 4.69) is 10.6 Å². The molecule has 3 rings (SSSR count). The normalized spacial score (nSPS) is 20.1. The number of hydrogen-bond acceptors (Lipinski definition) is 4. The van der Waals surface area contributed by atoms with Gasteiger partial charge in [0.1, 0.15) is 12.7 Å². The molecule has 0 spiro atoms. The van der Waals surface area contributed by atoms with Crippen molar-refractivity contribution in [1.29, 1.82) is 0 Å². The van der Waals surface area contributed by atoms with E-state index < -0.39 is 0 Å². The molecule has 1 aliphatic carbocycles. The van der Waals surface area contributed by atoms with E-state index in [9.17, 15) is 9.59 Å². The molecule has 0 bridgehead atoms. The van der Waals surface area contributed by atoms with Crippen molar-refractivity contribution in [2.24, 2.45) is 0 Å². The fraction of sp³-hybridized carbons (Fsp3) is 0.529. The van der Waals surface area contributed by atoms with Gasteiger partial charge < -0.3 is 25.0 Å². The van der Waals surface area contributed by atoms with Crippen molar-refractivity contribution in [3.05, 3.63) is 24.3 Å². The number of carbonyl (C=O) groups is 2. The van der Waals surface area contributed by atoms with Crippen molar-refractivity contribution in [2.45, 2.75) is 25.0 Å². The van der Waals surface area contributed by atoms with E-state index in [1.807, 2.05) is 31.3 Å². The molecule has 1 saturated carbocycles. The average molecular weight is 334 g/mol. The Labute approximate surface area is 141 Å². The van der Waals surface area contributed by atoms with E-state index >= 15 is 0 Å². The van der Waals surface area contributed by atoms with Crippen LogP contribution in [0.15, 0.2) is 24.3 Å². The second kappa shape index (κ2) is 7.53. The van der Waals surface area contributed by atoms with Crippen molar-refractivity contribution in [1.82, 2.24) is 10.6 Å². The zero-order valence-electron chi connectivity index (χ0n) is 13.8. The van der Waals surface area contributed by atoms with E-state index in [1.165, 1.54) is 0 Å². The van der Waals surface area contributed by atoms with Gasteiger partial charge in [-0.3, -0.25) is 9.59 Å². The second-order valence-electron chi connectivity index (χ2n) is 6.45. The molecule has 3 N–H and O–H groups in total. The van der Waals surface area contributed by atoms with Crippen LogP contribution in [0.2, 0.25) is 0 Å². The molecule has 2 amide bonds. The summed E-state index contributed by atoms with van der Waals surface area (Å²) in [6, 6.07) is 7.83. The van der Waals surface area contributed by atoms with Crippen LogP contribution < -0.4 is 25.0 Å². The van der Waals surface area contributed by atoms with Crippen LogP contribution in [-0.4, -0.2) is 57.2 Å². The van der Waals surface area contributed by atoms with Gasteiger partial charge in [0.25, 0.3) is 11.8 Å². The molecule has 7 heteroatoms. The predicted molar refractivity (Wildman–Crippen MR) is 87.1 cm³/mol. The molecule has 1 fully saturated rings. The SMILES string of the molecule is C[NH+](CC(=O)NC[C@H]1COc2ccccc2O1)CC(=O)NC1CC1. The number of carbonyl (C=O) groups excluding carboxylic acids is 2. The first-order valence-corrected chi connectivity index (χ1v) is 8.36. The van der Waals surface area contributed by atoms with Gasteiger partial charge in [0.15, 0.2) is 24.6 Å². The highest BCUT2D eigenvalue weighted by Gasteiger charge is 2.25. The van der Waals surface area contributed by atoms with Crippen LogP contribution in [-0.2, 0) is 9.59 Å². The Morgan fingerprint density at radius 3 is 2.62 bits per heavy atom. The number of amides is 2. The molecule has 1 heterocycles.